The summed E-state index contributed by atoms with van der Waals surface area (Å²) in [5.74, 6) is -1.14. The first-order valence-electron chi connectivity index (χ1n) is 9.39. The number of carbonyl (C=O) groups excluding carboxylic acids is 1. The number of carbonyl (C=O) groups is 1. The highest BCUT2D eigenvalue weighted by molar-refractivity contribution is 7.89. The number of halogens is 1. The van der Waals surface area contributed by atoms with Crippen molar-refractivity contribution in [2.45, 2.75) is 63.3 Å². The number of rotatable bonds is 6. The van der Waals surface area contributed by atoms with Gasteiger partial charge in [0.15, 0.2) is 0 Å². The fraction of sp³-hybridized carbons (Fsp3) is 0.632. The number of hydrogen-bond acceptors (Lipinski definition) is 3. The van der Waals surface area contributed by atoms with Gasteiger partial charge in [-0.1, -0.05) is 39.5 Å². The Labute approximate surface area is 156 Å². The van der Waals surface area contributed by atoms with E-state index in [4.69, 9.17) is 0 Å². The van der Waals surface area contributed by atoms with Gasteiger partial charge in [0.25, 0.3) is 5.91 Å². The van der Waals surface area contributed by atoms with E-state index in [0.717, 1.165) is 44.6 Å². The first-order valence-corrected chi connectivity index (χ1v) is 10.8. The maximum absolute atomic E-state index is 14.3. The van der Waals surface area contributed by atoms with Crippen LogP contribution in [0.4, 0.5) is 4.39 Å². The zero-order chi connectivity index (χ0) is 19.3. The Morgan fingerprint density at radius 2 is 1.69 bits per heavy atom. The molecule has 0 unspecified atom stereocenters. The zero-order valence-electron chi connectivity index (χ0n) is 15.9. The predicted octanol–water partition coefficient (Wildman–Crippen LogP) is 3.65. The van der Waals surface area contributed by atoms with Gasteiger partial charge in [-0.25, -0.2) is 12.8 Å². The molecule has 0 saturated heterocycles. The summed E-state index contributed by atoms with van der Waals surface area (Å²) in [6.45, 7) is 4.13. The van der Waals surface area contributed by atoms with Crippen molar-refractivity contribution in [2.75, 3.05) is 20.1 Å². The summed E-state index contributed by atoms with van der Waals surface area (Å²) >= 11 is 0. The topological polar surface area (TPSA) is 57.7 Å². The Bertz CT molecular complexity index is 724. The lowest BCUT2D eigenvalue weighted by atomic mass is 10.1. The Balaban J connectivity index is 2.32. The molecule has 0 atom stereocenters. The Morgan fingerprint density at radius 1 is 1.12 bits per heavy atom. The van der Waals surface area contributed by atoms with Crippen molar-refractivity contribution >= 4 is 15.9 Å². The van der Waals surface area contributed by atoms with E-state index in [1.54, 1.807) is 25.8 Å². The van der Waals surface area contributed by atoms with E-state index in [9.17, 15) is 17.6 Å². The fourth-order valence-corrected chi connectivity index (χ4v) is 5.03. The maximum Gasteiger partial charge on any atom is 0.256 e. The Kier molecular flexibility index (Phi) is 7.17. The van der Waals surface area contributed by atoms with Crippen molar-refractivity contribution in [1.82, 2.24) is 9.21 Å². The lowest BCUT2D eigenvalue weighted by Gasteiger charge is -2.27. The highest BCUT2D eigenvalue weighted by atomic mass is 32.2. The van der Waals surface area contributed by atoms with E-state index in [1.165, 1.54) is 16.4 Å². The lowest BCUT2D eigenvalue weighted by Crippen LogP contribution is -2.37. The normalized spacial score (nSPS) is 16.5. The SMILES string of the molecule is CCN(CC)S(=O)(=O)c1ccc(F)c(C(=O)N(C)C2CCCCCC2)c1. The molecule has 7 heteroatoms. The monoisotopic (exact) mass is 384 g/mol. The highest BCUT2D eigenvalue weighted by Gasteiger charge is 2.27. The van der Waals surface area contributed by atoms with Crippen molar-refractivity contribution in [3.05, 3.63) is 29.6 Å². The van der Waals surface area contributed by atoms with Crippen molar-refractivity contribution in [3.63, 3.8) is 0 Å². The molecule has 1 amide bonds. The molecule has 0 bridgehead atoms. The highest BCUT2D eigenvalue weighted by Crippen LogP contribution is 2.25. The van der Waals surface area contributed by atoms with E-state index in [1.807, 2.05) is 0 Å². The molecular weight excluding hydrogens is 355 g/mol. The molecule has 0 heterocycles. The van der Waals surface area contributed by atoms with E-state index in [0.29, 0.717) is 13.1 Å². The molecule has 146 valence electrons. The molecule has 0 N–H and O–H groups in total. The Hall–Kier alpha value is -1.47. The maximum atomic E-state index is 14.3. The van der Waals surface area contributed by atoms with Crippen LogP contribution in [0.1, 0.15) is 62.7 Å². The van der Waals surface area contributed by atoms with Crippen LogP contribution in [0.2, 0.25) is 0 Å². The molecule has 0 aromatic heterocycles. The third-order valence-corrected chi connectivity index (χ3v) is 7.25. The van der Waals surface area contributed by atoms with Gasteiger partial charge in [-0.05, 0) is 31.0 Å². The van der Waals surface area contributed by atoms with Gasteiger partial charge >= 0.3 is 0 Å². The van der Waals surface area contributed by atoms with Crippen molar-refractivity contribution in [3.8, 4) is 0 Å². The lowest BCUT2D eigenvalue weighted by molar-refractivity contribution is 0.0712. The minimum absolute atomic E-state index is 0.0415. The second kappa shape index (κ2) is 8.95. The van der Waals surface area contributed by atoms with Crippen LogP contribution in [0.5, 0.6) is 0 Å². The van der Waals surface area contributed by atoms with Crippen LogP contribution in [-0.2, 0) is 10.0 Å². The van der Waals surface area contributed by atoms with Crippen LogP contribution < -0.4 is 0 Å². The average molecular weight is 385 g/mol. The van der Waals surface area contributed by atoms with Gasteiger partial charge in [-0.2, -0.15) is 4.31 Å². The summed E-state index contributed by atoms with van der Waals surface area (Å²) in [4.78, 5) is 14.4. The van der Waals surface area contributed by atoms with Gasteiger partial charge in [0.05, 0.1) is 10.5 Å². The fourth-order valence-electron chi connectivity index (χ4n) is 3.54. The first-order chi connectivity index (χ1) is 12.3. The molecule has 2 rings (SSSR count). The molecule has 5 nitrogen and oxygen atoms in total. The molecule has 1 aliphatic carbocycles. The molecule has 0 aliphatic heterocycles. The van der Waals surface area contributed by atoms with Crippen LogP contribution in [0.25, 0.3) is 0 Å². The van der Waals surface area contributed by atoms with E-state index in [-0.39, 0.29) is 16.5 Å². The number of hydrogen-bond donors (Lipinski definition) is 0. The number of amides is 1. The molecule has 26 heavy (non-hydrogen) atoms. The summed E-state index contributed by atoms with van der Waals surface area (Å²) in [6.07, 6.45) is 6.24. The molecule has 1 aromatic carbocycles. The van der Waals surface area contributed by atoms with E-state index >= 15 is 0 Å². The van der Waals surface area contributed by atoms with Crippen molar-refractivity contribution in [2.24, 2.45) is 0 Å². The summed E-state index contributed by atoms with van der Waals surface area (Å²) < 4.78 is 41.0. The third-order valence-electron chi connectivity index (χ3n) is 5.20. The molecule has 0 radical (unpaired) electrons. The minimum Gasteiger partial charge on any atom is -0.339 e. The first kappa shape index (κ1) is 20.8. The molecule has 1 saturated carbocycles. The van der Waals surface area contributed by atoms with E-state index < -0.39 is 21.7 Å². The van der Waals surface area contributed by atoms with Crippen molar-refractivity contribution in [1.29, 1.82) is 0 Å². The van der Waals surface area contributed by atoms with Crippen LogP contribution >= 0.6 is 0 Å². The second-order valence-electron chi connectivity index (χ2n) is 6.79. The molecule has 0 spiro atoms. The van der Waals surface area contributed by atoms with Crippen LogP contribution in [-0.4, -0.2) is 49.7 Å². The largest absolute Gasteiger partial charge is 0.339 e. The third kappa shape index (κ3) is 4.43. The number of sulfonamides is 1. The van der Waals surface area contributed by atoms with Gasteiger partial charge in [0.2, 0.25) is 10.0 Å². The average Bonchev–Trinajstić information content (AvgIpc) is 2.91. The van der Waals surface area contributed by atoms with Crippen molar-refractivity contribution < 1.29 is 17.6 Å². The molecule has 1 fully saturated rings. The van der Waals surface area contributed by atoms with Gasteiger partial charge in [0.1, 0.15) is 5.82 Å². The number of benzene rings is 1. The summed E-state index contributed by atoms with van der Waals surface area (Å²) in [5.41, 5.74) is -0.176. The zero-order valence-corrected chi connectivity index (χ0v) is 16.7. The Morgan fingerprint density at radius 3 is 2.23 bits per heavy atom. The second-order valence-corrected chi connectivity index (χ2v) is 8.73. The van der Waals surface area contributed by atoms with Gasteiger partial charge < -0.3 is 4.90 Å². The quantitative estimate of drug-likeness (QED) is 0.704. The number of nitrogens with zero attached hydrogens (tertiary/aromatic N) is 2. The summed E-state index contributed by atoms with van der Waals surface area (Å²) in [6, 6.07) is 3.56. The van der Waals surface area contributed by atoms with E-state index in [2.05, 4.69) is 0 Å². The standard InChI is InChI=1S/C19H29FN2O3S/c1-4-22(5-2)26(24,25)16-12-13-18(20)17(14-16)19(23)21(3)15-10-8-6-7-9-11-15/h12-15H,4-11H2,1-3H3. The minimum atomic E-state index is -3.73. The molecule has 1 aliphatic rings. The van der Waals surface area contributed by atoms with Gasteiger partial charge in [-0.15, -0.1) is 0 Å². The summed E-state index contributed by atoms with van der Waals surface area (Å²) in [5, 5.41) is 0. The summed E-state index contributed by atoms with van der Waals surface area (Å²) in [7, 11) is -2.05. The van der Waals surface area contributed by atoms with Gasteiger partial charge in [0, 0.05) is 26.2 Å². The molecule has 1 aromatic rings. The predicted molar refractivity (Wildman–Crippen MR) is 100 cm³/mol. The van der Waals surface area contributed by atoms with Crippen LogP contribution in [0.15, 0.2) is 23.1 Å². The van der Waals surface area contributed by atoms with Crippen LogP contribution in [0.3, 0.4) is 0 Å². The smallest absolute Gasteiger partial charge is 0.256 e. The van der Waals surface area contributed by atoms with Crippen LogP contribution in [0, 0.1) is 5.82 Å². The molecular formula is C19H29FN2O3S. The van der Waals surface area contributed by atoms with Gasteiger partial charge in [-0.3, -0.25) is 4.79 Å².